The molecule has 3 aromatic heterocycles. The van der Waals surface area contributed by atoms with Gasteiger partial charge in [0.05, 0.1) is 17.6 Å². The Labute approximate surface area is 155 Å². The quantitative estimate of drug-likeness (QED) is 0.645. The molecule has 28 heavy (non-hydrogen) atoms. The second-order valence-corrected chi connectivity index (χ2v) is 5.69. The van der Waals surface area contributed by atoms with Crippen LogP contribution in [0.5, 0.6) is 0 Å². The van der Waals surface area contributed by atoms with Crippen molar-refractivity contribution in [3.05, 3.63) is 42.7 Å². The Morgan fingerprint density at radius 2 is 2.04 bits per heavy atom. The number of carbonyl (C=O) groups excluding carboxylic acids is 1. The number of aromatic nitrogens is 5. The predicted octanol–water partition coefficient (Wildman–Crippen LogP) is 3.05. The molecule has 0 radical (unpaired) electrons. The number of aryl methyl sites for hydroxylation is 1. The number of rotatable bonds is 5. The fraction of sp³-hybridized carbons (Fsp3) is 0.188. The van der Waals surface area contributed by atoms with E-state index < -0.39 is 30.1 Å². The van der Waals surface area contributed by atoms with Gasteiger partial charge in [0, 0.05) is 31.2 Å². The van der Waals surface area contributed by atoms with Gasteiger partial charge in [-0.3, -0.25) is 9.48 Å². The lowest BCUT2D eigenvalue weighted by Gasteiger charge is -2.09. The molecule has 3 rings (SSSR count). The zero-order valence-corrected chi connectivity index (χ0v) is 14.3. The second-order valence-electron chi connectivity index (χ2n) is 5.69. The van der Waals surface area contributed by atoms with Crippen LogP contribution in [-0.2, 0) is 11.8 Å². The first kappa shape index (κ1) is 19.2. The molecule has 146 valence electrons. The molecule has 0 aliphatic rings. The van der Waals surface area contributed by atoms with Crippen LogP contribution in [0.15, 0.2) is 36.9 Å². The summed E-state index contributed by atoms with van der Waals surface area (Å²) in [7, 11) is 1.74. The van der Waals surface area contributed by atoms with Crippen molar-refractivity contribution in [1.82, 2.24) is 24.7 Å². The standard InChI is InChI=1S/C16H13F4N7O/c1-27-8-10(7-23-27)24-15-21-3-2-12(25-15)9-4-11(17)14(22-6-9)26-13(28)5-16(18,19)20/h2-4,6-8H,5H2,1H3,(H,21,24,25)(H,22,26,28). The number of anilines is 3. The van der Waals surface area contributed by atoms with E-state index in [2.05, 4.69) is 25.4 Å². The minimum atomic E-state index is -4.70. The Morgan fingerprint density at radius 3 is 2.68 bits per heavy atom. The number of pyridine rings is 1. The maximum Gasteiger partial charge on any atom is 0.397 e. The minimum absolute atomic E-state index is 0.230. The van der Waals surface area contributed by atoms with Gasteiger partial charge in [0.15, 0.2) is 11.6 Å². The van der Waals surface area contributed by atoms with Gasteiger partial charge in [0.2, 0.25) is 11.9 Å². The summed E-state index contributed by atoms with van der Waals surface area (Å²) in [6.07, 6.45) is -0.532. The molecule has 0 saturated carbocycles. The smallest absolute Gasteiger partial charge is 0.321 e. The van der Waals surface area contributed by atoms with Gasteiger partial charge >= 0.3 is 6.18 Å². The molecular formula is C16H13F4N7O. The van der Waals surface area contributed by atoms with Crippen molar-refractivity contribution in [2.45, 2.75) is 12.6 Å². The Hall–Kier alpha value is -3.57. The van der Waals surface area contributed by atoms with Gasteiger partial charge in [0.25, 0.3) is 0 Å². The van der Waals surface area contributed by atoms with Crippen molar-refractivity contribution in [2.24, 2.45) is 7.05 Å². The van der Waals surface area contributed by atoms with Crippen LogP contribution in [0.1, 0.15) is 6.42 Å². The van der Waals surface area contributed by atoms with E-state index in [4.69, 9.17) is 0 Å². The van der Waals surface area contributed by atoms with Crippen LogP contribution in [0.3, 0.4) is 0 Å². The van der Waals surface area contributed by atoms with Crippen molar-refractivity contribution < 1.29 is 22.4 Å². The van der Waals surface area contributed by atoms with Crippen LogP contribution in [0.25, 0.3) is 11.3 Å². The fourth-order valence-corrected chi connectivity index (χ4v) is 2.22. The highest BCUT2D eigenvalue weighted by Gasteiger charge is 2.31. The van der Waals surface area contributed by atoms with Crippen molar-refractivity contribution in [1.29, 1.82) is 0 Å². The molecule has 0 atom stereocenters. The fourth-order valence-electron chi connectivity index (χ4n) is 2.22. The maximum atomic E-state index is 14.2. The number of halogens is 4. The highest BCUT2D eigenvalue weighted by molar-refractivity contribution is 5.90. The summed E-state index contributed by atoms with van der Waals surface area (Å²) in [5, 5.41) is 8.71. The molecule has 2 N–H and O–H groups in total. The van der Waals surface area contributed by atoms with Gasteiger partial charge in [-0.25, -0.2) is 19.3 Å². The largest absolute Gasteiger partial charge is 0.397 e. The van der Waals surface area contributed by atoms with Gasteiger partial charge in [-0.2, -0.15) is 18.3 Å². The summed E-state index contributed by atoms with van der Waals surface area (Å²) in [4.78, 5) is 23.2. The number of carbonyl (C=O) groups is 1. The molecule has 12 heteroatoms. The summed E-state index contributed by atoms with van der Waals surface area (Å²) in [6.45, 7) is 0. The van der Waals surface area contributed by atoms with E-state index in [1.54, 1.807) is 29.4 Å². The maximum absolute atomic E-state index is 14.2. The monoisotopic (exact) mass is 395 g/mol. The van der Waals surface area contributed by atoms with E-state index in [1.165, 1.54) is 18.5 Å². The predicted molar refractivity (Wildman–Crippen MR) is 91.0 cm³/mol. The van der Waals surface area contributed by atoms with Crippen LogP contribution in [0.4, 0.5) is 35.0 Å². The second kappa shape index (κ2) is 7.58. The molecule has 0 fully saturated rings. The zero-order chi connectivity index (χ0) is 20.3. The van der Waals surface area contributed by atoms with Crippen LogP contribution in [-0.4, -0.2) is 36.8 Å². The van der Waals surface area contributed by atoms with E-state index in [0.29, 0.717) is 11.4 Å². The lowest BCUT2D eigenvalue weighted by atomic mass is 10.2. The molecule has 0 saturated heterocycles. The first-order valence-corrected chi connectivity index (χ1v) is 7.81. The number of alkyl halides is 3. The normalized spacial score (nSPS) is 11.3. The van der Waals surface area contributed by atoms with Crippen LogP contribution in [0, 0.1) is 5.82 Å². The third-order valence-corrected chi connectivity index (χ3v) is 3.37. The van der Waals surface area contributed by atoms with Crippen molar-refractivity contribution in [2.75, 3.05) is 10.6 Å². The van der Waals surface area contributed by atoms with Gasteiger partial charge in [-0.15, -0.1) is 0 Å². The molecule has 0 aromatic carbocycles. The molecule has 8 nitrogen and oxygen atoms in total. The molecule has 0 aliphatic heterocycles. The lowest BCUT2D eigenvalue weighted by Crippen LogP contribution is -2.22. The molecule has 0 bridgehead atoms. The highest BCUT2D eigenvalue weighted by Crippen LogP contribution is 2.24. The van der Waals surface area contributed by atoms with E-state index in [0.717, 1.165) is 6.07 Å². The summed E-state index contributed by atoms with van der Waals surface area (Å²) in [6, 6.07) is 2.51. The number of amides is 1. The molecule has 1 amide bonds. The Kier molecular flexibility index (Phi) is 5.20. The third-order valence-electron chi connectivity index (χ3n) is 3.37. The van der Waals surface area contributed by atoms with Gasteiger partial charge in [-0.1, -0.05) is 0 Å². The van der Waals surface area contributed by atoms with Crippen molar-refractivity contribution >= 4 is 23.4 Å². The Bertz CT molecular complexity index is 1000. The summed E-state index contributed by atoms with van der Waals surface area (Å²) in [5.74, 6) is -2.76. The van der Waals surface area contributed by atoms with E-state index in [1.807, 2.05) is 0 Å². The number of hydrogen-bond acceptors (Lipinski definition) is 6. The molecule has 0 unspecified atom stereocenters. The molecule has 0 spiro atoms. The first-order valence-electron chi connectivity index (χ1n) is 7.81. The molecule has 3 aromatic rings. The lowest BCUT2D eigenvalue weighted by molar-refractivity contribution is -0.150. The summed E-state index contributed by atoms with van der Waals surface area (Å²) in [5.41, 5.74) is 1.22. The summed E-state index contributed by atoms with van der Waals surface area (Å²) >= 11 is 0. The third kappa shape index (κ3) is 4.99. The first-order chi connectivity index (χ1) is 13.2. The highest BCUT2D eigenvalue weighted by atomic mass is 19.4. The average Bonchev–Trinajstić information content (AvgIpc) is 3.00. The van der Waals surface area contributed by atoms with Gasteiger partial charge in [-0.05, 0) is 12.1 Å². The average molecular weight is 395 g/mol. The van der Waals surface area contributed by atoms with E-state index >= 15 is 0 Å². The minimum Gasteiger partial charge on any atom is -0.321 e. The Balaban J connectivity index is 1.76. The van der Waals surface area contributed by atoms with E-state index in [9.17, 15) is 22.4 Å². The number of nitrogens with one attached hydrogen (secondary N) is 2. The zero-order valence-electron chi connectivity index (χ0n) is 14.3. The molecular weight excluding hydrogens is 382 g/mol. The van der Waals surface area contributed by atoms with Crippen LogP contribution < -0.4 is 10.6 Å². The number of hydrogen-bond donors (Lipinski definition) is 2. The molecule has 3 heterocycles. The Morgan fingerprint density at radius 1 is 1.25 bits per heavy atom. The van der Waals surface area contributed by atoms with Crippen LogP contribution in [0.2, 0.25) is 0 Å². The molecule has 0 aliphatic carbocycles. The van der Waals surface area contributed by atoms with Crippen molar-refractivity contribution in [3.63, 3.8) is 0 Å². The topological polar surface area (TPSA) is 97.6 Å². The number of nitrogens with zero attached hydrogens (tertiary/aromatic N) is 5. The van der Waals surface area contributed by atoms with E-state index in [-0.39, 0.29) is 11.5 Å². The SMILES string of the molecule is Cn1cc(Nc2nccc(-c3cnc(NC(=O)CC(F)(F)F)c(F)c3)n2)cn1. The van der Waals surface area contributed by atoms with Crippen LogP contribution >= 0.6 is 0 Å². The van der Waals surface area contributed by atoms with Gasteiger partial charge < -0.3 is 10.6 Å². The van der Waals surface area contributed by atoms with Gasteiger partial charge in [0.1, 0.15) is 6.42 Å². The van der Waals surface area contributed by atoms with Crippen molar-refractivity contribution in [3.8, 4) is 11.3 Å². The summed E-state index contributed by atoms with van der Waals surface area (Å²) < 4.78 is 52.3.